The molecule has 1 unspecified atom stereocenters. The maximum absolute atomic E-state index is 11.9. The van der Waals surface area contributed by atoms with Gasteiger partial charge in [0.15, 0.2) is 0 Å². The second-order valence-electron chi connectivity index (χ2n) is 4.29. The Morgan fingerprint density at radius 1 is 1.20 bits per heavy atom. The normalized spacial score (nSPS) is 15.8. The van der Waals surface area contributed by atoms with Gasteiger partial charge in [-0.2, -0.15) is 13.2 Å². The highest BCUT2D eigenvalue weighted by Crippen LogP contribution is 2.19. The van der Waals surface area contributed by atoms with E-state index < -0.39 is 18.1 Å². The van der Waals surface area contributed by atoms with Gasteiger partial charge < -0.3 is 4.90 Å². The van der Waals surface area contributed by atoms with Gasteiger partial charge in [0.2, 0.25) is 0 Å². The first kappa shape index (κ1) is 15.3. The lowest BCUT2D eigenvalue weighted by Crippen LogP contribution is -3.11. The molecule has 15 heavy (non-hydrogen) atoms. The fraction of sp³-hybridized carbons (Fsp3) is 1.00. The molecule has 2 nitrogen and oxygen atoms in total. The molecule has 0 amide bonds. The van der Waals surface area contributed by atoms with Crippen LogP contribution in [0.4, 0.5) is 13.2 Å². The zero-order chi connectivity index (χ0) is 12.3. The van der Waals surface area contributed by atoms with E-state index in [0.29, 0.717) is 6.54 Å². The van der Waals surface area contributed by atoms with Gasteiger partial charge in [-0.15, -0.1) is 3.94 Å². The van der Waals surface area contributed by atoms with Gasteiger partial charge in [-0.05, 0) is 37.4 Å². The molecule has 0 fully saturated rings. The van der Waals surface area contributed by atoms with Crippen molar-refractivity contribution >= 4 is 23.6 Å². The third-order valence-electron chi connectivity index (χ3n) is 2.03. The summed E-state index contributed by atoms with van der Waals surface area (Å²) in [5, 5.41) is 0. The minimum atomic E-state index is -4.10. The average Bonchev–Trinajstić information content (AvgIpc) is 1.98. The summed E-state index contributed by atoms with van der Waals surface area (Å²) >= 11 is 11.1. The van der Waals surface area contributed by atoms with E-state index in [1.807, 2.05) is 0 Å². The Kier molecular flexibility index (Phi) is 5.68. The van der Waals surface area contributed by atoms with Gasteiger partial charge in [0, 0.05) is 0 Å². The van der Waals surface area contributed by atoms with Crippen LogP contribution in [-0.2, 0) is 0 Å². The zero-order valence-electron chi connectivity index (χ0n) is 8.96. The van der Waals surface area contributed by atoms with Crippen LogP contribution >= 0.6 is 23.6 Å². The summed E-state index contributed by atoms with van der Waals surface area (Å²) in [5.74, 6) is 0. The molecule has 0 heterocycles. The van der Waals surface area contributed by atoms with Crippen LogP contribution in [0.25, 0.3) is 0 Å². The van der Waals surface area contributed by atoms with Gasteiger partial charge >= 0.3 is 6.18 Å². The Morgan fingerprint density at radius 2 is 1.67 bits per heavy atom. The Hall–Kier alpha value is 0.290. The number of rotatable bonds is 5. The van der Waals surface area contributed by atoms with Crippen LogP contribution < -0.4 is 4.90 Å². The van der Waals surface area contributed by atoms with Crippen LogP contribution in [0.1, 0.15) is 20.3 Å². The van der Waals surface area contributed by atoms with E-state index in [4.69, 9.17) is 23.6 Å². The maximum atomic E-state index is 11.9. The van der Waals surface area contributed by atoms with E-state index in [9.17, 15) is 13.2 Å². The largest absolute Gasteiger partial charge is 0.394 e. The van der Waals surface area contributed by atoms with Gasteiger partial charge in [-0.3, -0.25) is 0 Å². The van der Waals surface area contributed by atoms with Crippen LogP contribution in [0, 0.1) is 0 Å². The van der Waals surface area contributed by atoms with Crippen molar-refractivity contribution in [1.29, 1.82) is 0 Å². The van der Waals surface area contributed by atoms with Crippen molar-refractivity contribution in [3.63, 3.8) is 0 Å². The lowest BCUT2D eigenvalue weighted by atomic mass is 10.1. The summed E-state index contributed by atoms with van der Waals surface area (Å²) in [7, 11) is 1.69. The molecule has 92 valence electrons. The van der Waals surface area contributed by atoms with E-state index in [2.05, 4.69) is 0 Å². The Labute approximate surface area is 98.1 Å². The number of nitrogens with zero attached hydrogens (tertiary/aromatic N) is 1. The zero-order valence-corrected chi connectivity index (χ0v) is 10.5. The molecule has 0 spiro atoms. The minimum Gasteiger partial charge on any atom is -0.335 e. The minimum absolute atomic E-state index is 0.0224. The summed E-state index contributed by atoms with van der Waals surface area (Å²) in [6, 6.07) is 0. The average molecular weight is 268 g/mol. The molecule has 0 aliphatic carbocycles. The third-order valence-corrected chi connectivity index (χ3v) is 2.94. The number of likely N-dealkylation sites (N-methyl/N-ethyl adjacent to an activating group) is 1. The fourth-order valence-electron chi connectivity index (χ4n) is 1.24. The molecule has 0 bridgehead atoms. The van der Waals surface area contributed by atoms with Crippen molar-refractivity contribution in [2.45, 2.75) is 32.0 Å². The summed E-state index contributed by atoms with van der Waals surface area (Å²) in [6.07, 6.45) is -4.90. The monoisotopic (exact) mass is 267 g/mol. The smallest absolute Gasteiger partial charge is 0.335 e. The lowest BCUT2D eigenvalue weighted by molar-refractivity contribution is -0.885. The van der Waals surface area contributed by atoms with Gasteiger partial charge in [0.1, 0.15) is 0 Å². The van der Waals surface area contributed by atoms with E-state index in [1.165, 1.54) is 0 Å². The van der Waals surface area contributed by atoms with Crippen molar-refractivity contribution < 1.29 is 18.1 Å². The molecule has 0 rings (SSSR count). The molecular weight excluding hydrogens is 252 g/mol. The molecule has 0 aliphatic heterocycles. The van der Waals surface area contributed by atoms with Crippen molar-refractivity contribution in [3.8, 4) is 0 Å². The van der Waals surface area contributed by atoms with Crippen LogP contribution in [0.15, 0.2) is 0 Å². The first-order chi connectivity index (χ1) is 6.54. The molecule has 0 aromatic rings. The van der Waals surface area contributed by atoms with Crippen LogP contribution in [-0.4, -0.2) is 35.8 Å². The number of alkyl halides is 3. The highest BCUT2D eigenvalue weighted by molar-refractivity contribution is 6.34. The summed E-state index contributed by atoms with van der Waals surface area (Å²) < 4.78 is 36.8. The van der Waals surface area contributed by atoms with Crippen LogP contribution in [0.2, 0.25) is 0 Å². The summed E-state index contributed by atoms with van der Waals surface area (Å²) in [5.41, 5.74) is -0.543. The molecule has 7 heteroatoms. The Morgan fingerprint density at radius 3 is 2.00 bits per heavy atom. The first-order valence-corrected chi connectivity index (χ1v) is 5.22. The van der Waals surface area contributed by atoms with Gasteiger partial charge in [0.05, 0.1) is 32.1 Å². The Bertz CT molecular complexity index is 195. The molecule has 0 radical (unpaired) electrons. The van der Waals surface area contributed by atoms with Crippen LogP contribution in [0.5, 0.6) is 0 Å². The molecule has 1 N–H and O–H groups in total. The van der Waals surface area contributed by atoms with Crippen molar-refractivity contribution in [1.82, 2.24) is 3.94 Å². The summed E-state index contributed by atoms with van der Waals surface area (Å²) in [6.45, 7) is 4.00. The second-order valence-corrected chi connectivity index (χ2v) is 5.14. The number of hydrogen-bond donors (Lipinski definition) is 1. The Balaban J connectivity index is 3.99. The summed E-state index contributed by atoms with van der Waals surface area (Å²) in [4.78, 5) is 0.739. The van der Waals surface area contributed by atoms with Crippen molar-refractivity contribution in [3.05, 3.63) is 0 Å². The molecular formula is C8H16Cl2F3N2+. The fourth-order valence-corrected chi connectivity index (χ4v) is 1.36. The standard InChI is InChI=1S/C8H15Cl2F3N2/c1-7(2,15(9)10)6-14(3)5-4-8(11,12)13/h4-6H2,1-3H3/p+1. The van der Waals surface area contributed by atoms with Gasteiger partial charge in [0.25, 0.3) is 0 Å². The number of nitrogens with one attached hydrogen (secondary N) is 1. The highest BCUT2D eigenvalue weighted by atomic mass is 35.5. The van der Waals surface area contributed by atoms with Crippen molar-refractivity contribution in [2.75, 3.05) is 20.1 Å². The maximum Gasteiger partial charge on any atom is 0.394 e. The lowest BCUT2D eigenvalue weighted by Gasteiger charge is -2.29. The number of hydrogen-bond acceptors (Lipinski definition) is 1. The topological polar surface area (TPSA) is 7.68 Å². The predicted molar refractivity (Wildman–Crippen MR) is 54.9 cm³/mol. The molecule has 0 aromatic heterocycles. The molecule has 1 atom stereocenters. The molecule has 0 aliphatic rings. The number of quaternary nitrogens is 1. The predicted octanol–water partition coefficient (Wildman–Crippen LogP) is 1.84. The van der Waals surface area contributed by atoms with Gasteiger partial charge in [-0.1, -0.05) is 0 Å². The van der Waals surface area contributed by atoms with Crippen molar-refractivity contribution in [2.24, 2.45) is 0 Å². The van der Waals surface area contributed by atoms with Crippen LogP contribution in [0.3, 0.4) is 0 Å². The van der Waals surface area contributed by atoms with Gasteiger partial charge in [-0.25, -0.2) is 0 Å². The van der Waals surface area contributed by atoms with E-state index in [-0.39, 0.29) is 6.54 Å². The quantitative estimate of drug-likeness (QED) is 0.748. The van der Waals surface area contributed by atoms with E-state index in [1.54, 1.807) is 20.9 Å². The second kappa shape index (κ2) is 5.57. The SMILES string of the molecule is C[NH+](CCC(F)(F)F)CC(C)(C)N(Cl)Cl. The third kappa shape index (κ3) is 7.22. The highest BCUT2D eigenvalue weighted by Gasteiger charge is 2.32. The van der Waals surface area contributed by atoms with E-state index in [0.717, 1.165) is 8.84 Å². The first-order valence-electron chi connectivity index (χ1n) is 4.54. The van der Waals surface area contributed by atoms with E-state index >= 15 is 0 Å². The molecule has 0 aromatic carbocycles. The number of halogens is 5. The molecule has 0 saturated heterocycles. The molecule has 0 saturated carbocycles.